The van der Waals surface area contributed by atoms with Crippen molar-refractivity contribution in [3.63, 3.8) is 0 Å². The molecule has 0 aliphatic heterocycles. The zero-order valence-corrected chi connectivity index (χ0v) is 10.1. The SMILES string of the molecule is O=C(Cl)c1ccc(-c2cc3ccccc3o2)cc1. The smallest absolute Gasteiger partial charge is 0.252 e. The third-order valence-corrected chi connectivity index (χ3v) is 3.04. The first-order valence-corrected chi connectivity index (χ1v) is 5.91. The number of furan rings is 1. The third kappa shape index (κ3) is 1.91. The second-order valence-electron chi connectivity index (χ2n) is 4.00. The van der Waals surface area contributed by atoms with E-state index in [-0.39, 0.29) is 0 Å². The second kappa shape index (κ2) is 4.31. The molecule has 0 amide bonds. The molecule has 0 spiro atoms. The van der Waals surface area contributed by atoms with Crippen LogP contribution >= 0.6 is 11.6 Å². The lowest BCUT2D eigenvalue weighted by atomic mass is 10.1. The molecule has 0 saturated heterocycles. The zero-order chi connectivity index (χ0) is 12.5. The molecular formula is C15H9ClO2. The highest BCUT2D eigenvalue weighted by Gasteiger charge is 2.07. The fraction of sp³-hybridized carbons (Fsp3) is 0. The third-order valence-electron chi connectivity index (χ3n) is 2.82. The van der Waals surface area contributed by atoms with E-state index in [1.54, 1.807) is 12.1 Å². The van der Waals surface area contributed by atoms with Gasteiger partial charge < -0.3 is 4.42 Å². The number of fused-ring (bicyclic) bond motifs is 1. The van der Waals surface area contributed by atoms with Crippen LogP contribution in [0.3, 0.4) is 0 Å². The molecule has 2 aromatic carbocycles. The van der Waals surface area contributed by atoms with E-state index in [9.17, 15) is 4.79 Å². The van der Waals surface area contributed by atoms with Crippen LogP contribution in [0, 0.1) is 0 Å². The van der Waals surface area contributed by atoms with Gasteiger partial charge in [-0.3, -0.25) is 4.79 Å². The Balaban J connectivity index is 2.06. The molecule has 0 N–H and O–H groups in total. The molecule has 88 valence electrons. The molecule has 3 aromatic rings. The molecule has 18 heavy (non-hydrogen) atoms. The van der Waals surface area contributed by atoms with Crippen molar-refractivity contribution in [1.29, 1.82) is 0 Å². The van der Waals surface area contributed by atoms with Gasteiger partial charge in [-0.1, -0.05) is 30.3 Å². The predicted molar refractivity (Wildman–Crippen MR) is 71.8 cm³/mol. The Bertz CT molecular complexity index is 678. The Hall–Kier alpha value is -2.06. The normalized spacial score (nSPS) is 10.7. The second-order valence-corrected chi connectivity index (χ2v) is 4.34. The first-order valence-electron chi connectivity index (χ1n) is 5.53. The molecule has 0 bridgehead atoms. The standard InChI is InChI=1S/C15H9ClO2/c16-15(17)11-7-5-10(6-8-11)14-9-12-3-1-2-4-13(12)18-14/h1-9H. The van der Waals surface area contributed by atoms with Gasteiger partial charge in [-0.2, -0.15) is 0 Å². The summed E-state index contributed by atoms with van der Waals surface area (Å²) in [5, 5.41) is 0.608. The van der Waals surface area contributed by atoms with Crippen molar-refractivity contribution in [2.45, 2.75) is 0 Å². The van der Waals surface area contributed by atoms with E-state index < -0.39 is 5.24 Å². The number of benzene rings is 2. The average molecular weight is 257 g/mol. The van der Waals surface area contributed by atoms with Crippen molar-refractivity contribution in [3.8, 4) is 11.3 Å². The van der Waals surface area contributed by atoms with Crippen molar-refractivity contribution in [1.82, 2.24) is 0 Å². The summed E-state index contributed by atoms with van der Waals surface area (Å²) in [4.78, 5) is 11.0. The van der Waals surface area contributed by atoms with Gasteiger partial charge in [-0.15, -0.1) is 0 Å². The minimum absolute atomic E-state index is 0.453. The highest BCUT2D eigenvalue weighted by atomic mass is 35.5. The van der Waals surface area contributed by atoms with Gasteiger partial charge in [0.05, 0.1) is 0 Å². The van der Waals surface area contributed by atoms with Gasteiger partial charge in [-0.05, 0) is 35.9 Å². The fourth-order valence-electron chi connectivity index (χ4n) is 1.89. The van der Waals surface area contributed by atoms with Crippen LogP contribution in [0.15, 0.2) is 59.0 Å². The number of carbonyl (C=O) groups is 1. The van der Waals surface area contributed by atoms with Gasteiger partial charge in [0, 0.05) is 16.5 Å². The molecule has 0 aliphatic carbocycles. The summed E-state index contributed by atoms with van der Waals surface area (Å²) in [6.45, 7) is 0. The molecule has 1 heterocycles. The van der Waals surface area contributed by atoms with Crippen LogP contribution in [-0.2, 0) is 0 Å². The molecule has 0 atom stereocenters. The quantitative estimate of drug-likeness (QED) is 0.633. The van der Waals surface area contributed by atoms with Crippen LogP contribution in [0.25, 0.3) is 22.3 Å². The maximum absolute atomic E-state index is 11.0. The summed E-state index contributed by atoms with van der Waals surface area (Å²) in [6.07, 6.45) is 0. The highest BCUT2D eigenvalue weighted by molar-refractivity contribution is 6.67. The monoisotopic (exact) mass is 256 g/mol. The van der Waals surface area contributed by atoms with Crippen molar-refractivity contribution in [2.75, 3.05) is 0 Å². The van der Waals surface area contributed by atoms with Gasteiger partial charge in [0.25, 0.3) is 5.24 Å². The minimum atomic E-state index is -0.453. The Labute approximate surface area is 109 Å². The van der Waals surface area contributed by atoms with Crippen LogP contribution in [-0.4, -0.2) is 5.24 Å². The largest absolute Gasteiger partial charge is 0.456 e. The first-order chi connectivity index (χ1) is 8.74. The summed E-state index contributed by atoms with van der Waals surface area (Å²) in [5.74, 6) is 0.782. The van der Waals surface area contributed by atoms with Gasteiger partial charge in [-0.25, -0.2) is 0 Å². The van der Waals surface area contributed by atoms with Crippen LogP contribution in [0.4, 0.5) is 0 Å². The first kappa shape index (κ1) is 11.1. The highest BCUT2D eigenvalue weighted by Crippen LogP contribution is 2.27. The summed E-state index contributed by atoms with van der Waals surface area (Å²) < 4.78 is 5.74. The van der Waals surface area contributed by atoms with Crippen LogP contribution in [0.5, 0.6) is 0 Å². The molecule has 1 aromatic heterocycles. The molecular weight excluding hydrogens is 248 g/mol. The number of carbonyl (C=O) groups excluding carboxylic acids is 1. The maximum atomic E-state index is 11.0. The molecule has 3 heteroatoms. The molecule has 0 radical (unpaired) electrons. The molecule has 0 unspecified atom stereocenters. The van der Waals surface area contributed by atoms with Gasteiger partial charge in [0.15, 0.2) is 0 Å². The van der Waals surface area contributed by atoms with Gasteiger partial charge >= 0.3 is 0 Å². The molecule has 0 aliphatic rings. The number of halogens is 1. The zero-order valence-electron chi connectivity index (χ0n) is 9.39. The lowest BCUT2D eigenvalue weighted by Crippen LogP contribution is -1.87. The van der Waals surface area contributed by atoms with E-state index in [0.29, 0.717) is 5.56 Å². The summed E-state index contributed by atoms with van der Waals surface area (Å²) >= 11 is 5.40. The van der Waals surface area contributed by atoms with Crippen molar-refractivity contribution < 1.29 is 9.21 Å². The number of para-hydroxylation sites is 1. The molecule has 0 saturated carbocycles. The Morgan fingerprint density at radius 2 is 1.72 bits per heavy atom. The van der Waals surface area contributed by atoms with Crippen molar-refractivity contribution >= 4 is 27.8 Å². The Morgan fingerprint density at radius 1 is 1.00 bits per heavy atom. The molecule has 2 nitrogen and oxygen atoms in total. The topological polar surface area (TPSA) is 30.2 Å². The van der Waals surface area contributed by atoms with Crippen molar-refractivity contribution in [2.24, 2.45) is 0 Å². The number of hydrogen-bond donors (Lipinski definition) is 0. The summed E-state index contributed by atoms with van der Waals surface area (Å²) in [5.41, 5.74) is 2.26. The van der Waals surface area contributed by atoms with Crippen molar-refractivity contribution in [3.05, 3.63) is 60.2 Å². The molecule has 3 rings (SSSR count). The van der Waals surface area contributed by atoms with E-state index in [1.165, 1.54) is 0 Å². The van der Waals surface area contributed by atoms with Gasteiger partial charge in [0.2, 0.25) is 0 Å². The number of rotatable bonds is 2. The van der Waals surface area contributed by atoms with Gasteiger partial charge in [0.1, 0.15) is 11.3 Å². The minimum Gasteiger partial charge on any atom is -0.456 e. The van der Waals surface area contributed by atoms with E-state index >= 15 is 0 Å². The maximum Gasteiger partial charge on any atom is 0.252 e. The van der Waals surface area contributed by atoms with E-state index in [4.69, 9.17) is 16.0 Å². The van der Waals surface area contributed by atoms with E-state index in [0.717, 1.165) is 22.3 Å². The Kier molecular flexibility index (Phi) is 2.65. The van der Waals surface area contributed by atoms with E-state index in [2.05, 4.69) is 0 Å². The molecule has 0 fully saturated rings. The lowest BCUT2D eigenvalue weighted by Gasteiger charge is -1.97. The van der Waals surface area contributed by atoms with Crippen LogP contribution < -0.4 is 0 Å². The average Bonchev–Trinajstić information content (AvgIpc) is 2.82. The fourth-order valence-corrected chi connectivity index (χ4v) is 2.02. The van der Waals surface area contributed by atoms with Crippen LogP contribution in [0.1, 0.15) is 10.4 Å². The predicted octanol–water partition coefficient (Wildman–Crippen LogP) is 4.48. The van der Waals surface area contributed by atoms with Crippen LogP contribution in [0.2, 0.25) is 0 Å². The summed E-state index contributed by atoms with van der Waals surface area (Å²) in [6, 6.07) is 16.8. The number of hydrogen-bond acceptors (Lipinski definition) is 2. The summed E-state index contributed by atoms with van der Waals surface area (Å²) in [7, 11) is 0. The Morgan fingerprint density at radius 3 is 2.39 bits per heavy atom. The van der Waals surface area contributed by atoms with E-state index in [1.807, 2.05) is 42.5 Å². The lowest BCUT2D eigenvalue weighted by molar-refractivity contribution is 0.108.